The van der Waals surface area contributed by atoms with E-state index in [4.69, 9.17) is 4.42 Å². The van der Waals surface area contributed by atoms with Crippen LogP contribution in [0.3, 0.4) is 0 Å². The van der Waals surface area contributed by atoms with Gasteiger partial charge in [0.25, 0.3) is 0 Å². The lowest BCUT2D eigenvalue weighted by Gasteiger charge is -2.23. The van der Waals surface area contributed by atoms with Gasteiger partial charge >= 0.3 is 0 Å². The van der Waals surface area contributed by atoms with Crippen LogP contribution in [0.4, 0.5) is 0 Å². The summed E-state index contributed by atoms with van der Waals surface area (Å²) < 4.78 is 7.41. The number of likely N-dealkylation sites (tertiary alicyclic amines) is 1. The molecule has 0 saturated carbocycles. The molecule has 2 aromatic heterocycles. The molecule has 7 nitrogen and oxygen atoms in total. The van der Waals surface area contributed by atoms with Crippen LogP contribution in [0, 0.1) is 6.92 Å². The molecule has 0 aliphatic carbocycles. The van der Waals surface area contributed by atoms with Crippen molar-refractivity contribution in [2.45, 2.75) is 32.4 Å². The molecule has 0 spiro atoms. The first-order chi connectivity index (χ1) is 11.6. The van der Waals surface area contributed by atoms with Crippen molar-refractivity contribution >= 4 is 0 Å². The Kier molecular flexibility index (Phi) is 5.33. The Balaban J connectivity index is 1.68. The van der Waals surface area contributed by atoms with E-state index in [2.05, 4.69) is 34.0 Å². The third kappa shape index (κ3) is 3.85. The summed E-state index contributed by atoms with van der Waals surface area (Å²) in [4.78, 5) is 9.40. The van der Waals surface area contributed by atoms with Crippen LogP contribution in [-0.4, -0.2) is 76.0 Å². The lowest BCUT2D eigenvalue weighted by molar-refractivity contribution is 0.238. The van der Waals surface area contributed by atoms with Gasteiger partial charge in [-0.05, 0) is 46.1 Å². The highest BCUT2D eigenvalue weighted by atomic mass is 16.3. The third-order valence-corrected chi connectivity index (χ3v) is 4.70. The predicted octanol–water partition coefficient (Wildman–Crippen LogP) is 1.02. The van der Waals surface area contributed by atoms with Crippen LogP contribution in [0.25, 0.3) is 11.6 Å². The largest absolute Gasteiger partial charge is 0.458 e. The van der Waals surface area contributed by atoms with Crippen molar-refractivity contribution in [2.24, 2.45) is 0 Å². The van der Waals surface area contributed by atoms with E-state index in [1.807, 2.05) is 19.1 Å². The first-order valence-corrected chi connectivity index (χ1v) is 8.57. The number of hydrogen-bond donors (Lipinski definition) is 1. The molecule has 3 rings (SSSR count). The minimum absolute atomic E-state index is 0.0518. The summed E-state index contributed by atoms with van der Waals surface area (Å²) in [6.45, 7) is 5.63. The number of furan rings is 1. The number of hydrogen-bond acceptors (Lipinski definition) is 6. The molecule has 0 unspecified atom stereocenters. The highest BCUT2D eigenvalue weighted by Crippen LogP contribution is 2.19. The quantitative estimate of drug-likeness (QED) is 0.816. The molecule has 0 amide bonds. The summed E-state index contributed by atoms with van der Waals surface area (Å²) in [6, 6.07) is 4.40. The molecule has 1 aliphatic rings. The SMILES string of the molecule is Cc1ccc(-c2nc(CCN(C)[C@H]3CCN(C)C3)n(CCO)n2)o1. The molecule has 3 heterocycles. The molecule has 2 aromatic rings. The third-order valence-electron chi connectivity index (χ3n) is 4.70. The van der Waals surface area contributed by atoms with Gasteiger partial charge in [0.1, 0.15) is 11.6 Å². The Morgan fingerprint density at radius 2 is 2.25 bits per heavy atom. The topological polar surface area (TPSA) is 70.6 Å². The lowest BCUT2D eigenvalue weighted by Crippen LogP contribution is -2.35. The lowest BCUT2D eigenvalue weighted by atomic mass is 10.2. The molecule has 132 valence electrons. The molecule has 1 saturated heterocycles. The van der Waals surface area contributed by atoms with Gasteiger partial charge in [0, 0.05) is 25.6 Å². The molecule has 1 N–H and O–H groups in total. The van der Waals surface area contributed by atoms with Crippen LogP contribution in [0.15, 0.2) is 16.5 Å². The highest BCUT2D eigenvalue weighted by Gasteiger charge is 2.23. The van der Waals surface area contributed by atoms with Gasteiger partial charge < -0.3 is 19.3 Å². The van der Waals surface area contributed by atoms with Crippen molar-refractivity contribution in [3.05, 3.63) is 23.7 Å². The van der Waals surface area contributed by atoms with E-state index in [9.17, 15) is 5.11 Å². The first-order valence-electron chi connectivity index (χ1n) is 8.57. The summed E-state index contributed by atoms with van der Waals surface area (Å²) in [5, 5.41) is 13.8. The molecule has 0 bridgehead atoms. The van der Waals surface area contributed by atoms with Crippen molar-refractivity contribution < 1.29 is 9.52 Å². The molecule has 0 aromatic carbocycles. The van der Waals surface area contributed by atoms with E-state index in [1.54, 1.807) is 4.68 Å². The van der Waals surface area contributed by atoms with Gasteiger partial charge in [0.2, 0.25) is 5.82 Å². The summed E-state index contributed by atoms with van der Waals surface area (Å²) in [7, 11) is 4.34. The summed E-state index contributed by atoms with van der Waals surface area (Å²) in [5.74, 6) is 3.01. The van der Waals surface area contributed by atoms with Crippen LogP contribution in [-0.2, 0) is 13.0 Å². The molecular formula is C17H27N5O2. The van der Waals surface area contributed by atoms with Crippen molar-refractivity contribution in [3.8, 4) is 11.6 Å². The van der Waals surface area contributed by atoms with Crippen molar-refractivity contribution in [1.82, 2.24) is 24.6 Å². The maximum atomic E-state index is 9.28. The van der Waals surface area contributed by atoms with Gasteiger partial charge in [-0.25, -0.2) is 9.67 Å². The second-order valence-corrected chi connectivity index (χ2v) is 6.64. The molecule has 0 radical (unpaired) electrons. The van der Waals surface area contributed by atoms with Crippen molar-refractivity contribution in [3.63, 3.8) is 0 Å². The van der Waals surface area contributed by atoms with Crippen LogP contribution < -0.4 is 0 Å². The molecule has 24 heavy (non-hydrogen) atoms. The fourth-order valence-electron chi connectivity index (χ4n) is 3.22. The predicted molar refractivity (Wildman–Crippen MR) is 91.8 cm³/mol. The van der Waals surface area contributed by atoms with Crippen LogP contribution >= 0.6 is 0 Å². The summed E-state index contributed by atoms with van der Waals surface area (Å²) in [6.07, 6.45) is 2.02. The first kappa shape index (κ1) is 17.1. The number of aliphatic hydroxyl groups excluding tert-OH is 1. The molecular weight excluding hydrogens is 306 g/mol. The van der Waals surface area contributed by atoms with Crippen molar-refractivity contribution in [2.75, 3.05) is 40.3 Å². The average molecular weight is 333 g/mol. The number of aromatic nitrogens is 3. The smallest absolute Gasteiger partial charge is 0.217 e. The highest BCUT2D eigenvalue weighted by molar-refractivity contribution is 5.46. The van der Waals surface area contributed by atoms with Gasteiger partial charge in [-0.15, -0.1) is 5.10 Å². The molecule has 7 heteroatoms. The second-order valence-electron chi connectivity index (χ2n) is 6.64. The summed E-state index contributed by atoms with van der Waals surface area (Å²) >= 11 is 0. The van der Waals surface area contributed by atoms with E-state index in [1.165, 1.54) is 6.42 Å². The second kappa shape index (κ2) is 7.46. The van der Waals surface area contributed by atoms with E-state index >= 15 is 0 Å². The Morgan fingerprint density at radius 1 is 1.42 bits per heavy atom. The summed E-state index contributed by atoms with van der Waals surface area (Å²) in [5.41, 5.74) is 0. The minimum atomic E-state index is 0.0518. The van der Waals surface area contributed by atoms with Crippen LogP contribution in [0.5, 0.6) is 0 Å². The van der Waals surface area contributed by atoms with E-state index in [-0.39, 0.29) is 6.61 Å². The van der Waals surface area contributed by atoms with Crippen LogP contribution in [0.1, 0.15) is 18.0 Å². The number of nitrogens with zero attached hydrogens (tertiary/aromatic N) is 5. The zero-order valence-corrected chi connectivity index (χ0v) is 14.8. The van der Waals surface area contributed by atoms with E-state index in [0.717, 1.165) is 37.6 Å². The normalized spacial score (nSPS) is 18.8. The minimum Gasteiger partial charge on any atom is -0.458 e. The Labute approximate surface area is 142 Å². The maximum Gasteiger partial charge on any atom is 0.217 e. The van der Waals surface area contributed by atoms with Crippen molar-refractivity contribution in [1.29, 1.82) is 0 Å². The monoisotopic (exact) mass is 333 g/mol. The number of aliphatic hydroxyl groups is 1. The zero-order valence-electron chi connectivity index (χ0n) is 14.8. The van der Waals surface area contributed by atoms with Crippen LogP contribution in [0.2, 0.25) is 0 Å². The average Bonchev–Trinajstić information content (AvgIpc) is 3.26. The Morgan fingerprint density at radius 3 is 2.88 bits per heavy atom. The van der Waals surface area contributed by atoms with E-state index in [0.29, 0.717) is 24.2 Å². The standard InChI is InChI=1S/C17H27N5O2/c1-13-4-5-15(24-13)17-18-16(22(19-17)10-11-23)7-9-21(3)14-6-8-20(2)12-14/h4-5,14,23H,6-12H2,1-3H3/t14-/m0/s1. The Hall–Kier alpha value is -1.70. The molecule has 1 atom stereocenters. The van der Waals surface area contributed by atoms with Gasteiger partial charge in [0.05, 0.1) is 13.2 Å². The van der Waals surface area contributed by atoms with Gasteiger partial charge in [-0.1, -0.05) is 0 Å². The van der Waals surface area contributed by atoms with Gasteiger partial charge in [0.15, 0.2) is 5.76 Å². The van der Waals surface area contributed by atoms with E-state index < -0.39 is 0 Å². The fourth-order valence-corrected chi connectivity index (χ4v) is 3.22. The maximum absolute atomic E-state index is 9.28. The number of aryl methyl sites for hydroxylation is 1. The number of rotatable bonds is 7. The Bertz CT molecular complexity index is 666. The zero-order chi connectivity index (χ0) is 17.1. The fraction of sp³-hybridized carbons (Fsp3) is 0.647. The molecule has 1 aliphatic heterocycles. The molecule has 1 fully saturated rings. The number of likely N-dealkylation sites (N-methyl/N-ethyl adjacent to an activating group) is 2. The van der Waals surface area contributed by atoms with Gasteiger partial charge in [-0.2, -0.15) is 0 Å². The van der Waals surface area contributed by atoms with Gasteiger partial charge in [-0.3, -0.25) is 0 Å².